The lowest BCUT2D eigenvalue weighted by atomic mass is 10.2. The van der Waals surface area contributed by atoms with Crippen LogP contribution in [0, 0.1) is 0 Å². The van der Waals surface area contributed by atoms with E-state index in [-0.39, 0.29) is 76.0 Å². The largest absolute Gasteiger partial charge is 0.490 e. The number of ether oxygens (including phenoxy) is 9. The first-order chi connectivity index (χ1) is 19.1. The fraction of sp³-hybridized carbons (Fsp3) is 0.296. The van der Waals surface area contributed by atoms with Gasteiger partial charge in [-0.25, -0.2) is 4.79 Å². The maximum absolute atomic E-state index is 11.7. The van der Waals surface area contributed by atoms with E-state index in [1.54, 1.807) is 36.4 Å². The molecule has 0 saturated heterocycles. The molecule has 206 valence electrons. The lowest BCUT2D eigenvalue weighted by Crippen LogP contribution is -2.14. The summed E-state index contributed by atoms with van der Waals surface area (Å²) < 4.78 is 50.1. The van der Waals surface area contributed by atoms with Crippen molar-refractivity contribution in [3.05, 3.63) is 54.1 Å². The van der Waals surface area contributed by atoms with E-state index >= 15 is 0 Å². The SMILES string of the molecule is O=C(O)c1cc(OCCO)c(OCCOc2ccc3c(c2)OCO3)c(OCCOc2ccc3c(c2)OCO3)c1. The van der Waals surface area contributed by atoms with Crippen molar-refractivity contribution in [3.8, 4) is 51.7 Å². The Balaban J connectivity index is 1.23. The van der Waals surface area contributed by atoms with Crippen molar-refractivity contribution in [1.82, 2.24) is 0 Å². The monoisotopic (exact) mass is 542 g/mol. The highest BCUT2D eigenvalue weighted by molar-refractivity contribution is 5.89. The van der Waals surface area contributed by atoms with Crippen LogP contribution in [0.1, 0.15) is 10.4 Å². The molecule has 2 N–H and O–H groups in total. The van der Waals surface area contributed by atoms with Crippen molar-refractivity contribution in [3.63, 3.8) is 0 Å². The van der Waals surface area contributed by atoms with E-state index in [9.17, 15) is 15.0 Å². The van der Waals surface area contributed by atoms with E-state index in [0.717, 1.165) is 0 Å². The van der Waals surface area contributed by atoms with Crippen molar-refractivity contribution in [2.24, 2.45) is 0 Å². The van der Waals surface area contributed by atoms with Gasteiger partial charge in [0.1, 0.15) is 44.5 Å². The molecule has 0 fully saturated rings. The summed E-state index contributed by atoms with van der Waals surface area (Å²) in [7, 11) is 0. The van der Waals surface area contributed by atoms with E-state index in [1.807, 2.05) is 0 Å². The van der Waals surface area contributed by atoms with Gasteiger partial charge in [0.15, 0.2) is 34.5 Å². The molecule has 3 aromatic carbocycles. The van der Waals surface area contributed by atoms with Crippen molar-refractivity contribution in [1.29, 1.82) is 0 Å². The summed E-state index contributed by atoms with van der Waals surface area (Å²) in [5.74, 6) is 2.84. The molecular formula is C27H26O12. The van der Waals surface area contributed by atoms with Gasteiger partial charge in [-0.05, 0) is 36.4 Å². The molecule has 3 aromatic rings. The molecule has 12 nitrogen and oxygen atoms in total. The maximum atomic E-state index is 11.7. The molecule has 0 radical (unpaired) electrons. The Morgan fingerprint density at radius 3 is 1.67 bits per heavy atom. The van der Waals surface area contributed by atoms with Gasteiger partial charge in [-0.15, -0.1) is 0 Å². The van der Waals surface area contributed by atoms with Gasteiger partial charge in [0.05, 0.1) is 12.2 Å². The van der Waals surface area contributed by atoms with Crippen molar-refractivity contribution in [2.45, 2.75) is 0 Å². The third kappa shape index (κ3) is 6.41. The summed E-state index contributed by atoms with van der Waals surface area (Å²) in [6, 6.07) is 13.1. The zero-order valence-corrected chi connectivity index (χ0v) is 20.8. The number of aliphatic hydroxyl groups excluding tert-OH is 1. The molecule has 2 aliphatic rings. The first-order valence-corrected chi connectivity index (χ1v) is 12.1. The second-order valence-electron chi connectivity index (χ2n) is 8.10. The topological polar surface area (TPSA) is 141 Å². The Morgan fingerprint density at radius 2 is 1.13 bits per heavy atom. The number of aliphatic hydroxyl groups is 1. The van der Waals surface area contributed by atoms with Crippen LogP contribution < -0.4 is 42.6 Å². The number of hydrogen-bond donors (Lipinski definition) is 2. The molecule has 0 aliphatic carbocycles. The Labute approximate surface area is 223 Å². The molecule has 0 aromatic heterocycles. The number of benzene rings is 3. The lowest BCUT2D eigenvalue weighted by molar-refractivity contribution is 0.0695. The van der Waals surface area contributed by atoms with Gasteiger partial charge in [0, 0.05) is 12.1 Å². The second kappa shape index (κ2) is 12.2. The fourth-order valence-corrected chi connectivity index (χ4v) is 3.76. The molecule has 2 heterocycles. The van der Waals surface area contributed by atoms with Crippen molar-refractivity contribution >= 4 is 5.97 Å². The first-order valence-electron chi connectivity index (χ1n) is 12.1. The minimum absolute atomic E-state index is 0.0696. The Hall–Kier alpha value is -4.71. The van der Waals surface area contributed by atoms with Crippen LogP contribution >= 0.6 is 0 Å². The highest BCUT2D eigenvalue weighted by Gasteiger charge is 2.20. The van der Waals surface area contributed by atoms with Crippen molar-refractivity contribution < 1.29 is 57.6 Å². The fourth-order valence-electron chi connectivity index (χ4n) is 3.76. The highest BCUT2D eigenvalue weighted by Crippen LogP contribution is 2.40. The van der Waals surface area contributed by atoms with E-state index < -0.39 is 5.97 Å². The van der Waals surface area contributed by atoms with Crippen LogP contribution in [-0.2, 0) is 0 Å². The van der Waals surface area contributed by atoms with Gasteiger partial charge in [0.2, 0.25) is 19.3 Å². The molecule has 0 amide bonds. The first kappa shape index (κ1) is 25.9. The quantitative estimate of drug-likeness (QED) is 0.289. The van der Waals surface area contributed by atoms with E-state index in [4.69, 9.17) is 42.6 Å². The summed E-state index contributed by atoms with van der Waals surface area (Å²) in [4.78, 5) is 11.7. The average Bonchev–Trinajstić information content (AvgIpc) is 3.61. The maximum Gasteiger partial charge on any atom is 0.335 e. The molecule has 2 aliphatic heterocycles. The third-order valence-corrected chi connectivity index (χ3v) is 5.51. The summed E-state index contributed by atoms with van der Waals surface area (Å²) in [5, 5.41) is 18.8. The van der Waals surface area contributed by atoms with Gasteiger partial charge in [0.25, 0.3) is 0 Å². The number of hydrogen-bond acceptors (Lipinski definition) is 11. The Kier molecular flexibility index (Phi) is 8.12. The number of aromatic carboxylic acids is 1. The van der Waals surface area contributed by atoms with Crippen LogP contribution in [-0.4, -0.2) is 69.4 Å². The van der Waals surface area contributed by atoms with Crippen LogP contribution in [0.25, 0.3) is 0 Å². The predicted molar refractivity (Wildman–Crippen MR) is 133 cm³/mol. The molecule has 0 bridgehead atoms. The zero-order valence-electron chi connectivity index (χ0n) is 20.8. The predicted octanol–water partition coefficient (Wildman–Crippen LogP) is 3.13. The number of carbonyl (C=O) groups is 1. The Bertz CT molecular complexity index is 1310. The standard InChI is InChI=1S/C27H26O12/c28-5-6-33-24-11-17(27(29)30)12-25(34-9-7-31-18-1-3-20-22(13-18)38-15-36-20)26(24)35-10-8-32-19-2-4-21-23(14-19)39-16-37-21/h1-4,11-14,28H,5-10,15-16H2,(H,29,30). The van der Waals surface area contributed by atoms with Crippen LogP contribution in [0.4, 0.5) is 0 Å². The van der Waals surface area contributed by atoms with Gasteiger partial charge < -0.3 is 52.8 Å². The molecule has 0 spiro atoms. The van der Waals surface area contributed by atoms with Crippen LogP contribution in [0.2, 0.25) is 0 Å². The molecule has 12 heteroatoms. The second-order valence-corrected chi connectivity index (χ2v) is 8.10. The Morgan fingerprint density at radius 1 is 0.641 bits per heavy atom. The normalized spacial score (nSPS) is 12.6. The molecule has 5 rings (SSSR count). The summed E-state index contributed by atoms with van der Waals surface area (Å²) in [6.07, 6.45) is 0. The number of carboxylic acid groups (broad SMARTS) is 1. The molecular weight excluding hydrogens is 516 g/mol. The van der Waals surface area contributed by atoms with Crippen LogP contribution in [0.3, 0.4) is 0 Å². The zero-order chi connectivity index (χ0) is 27.0. The van der Waals surface area contributed by atoms with Gasteiger partial charge >= 0.3 is 5.97 Å². The van der Waals surface area contributed by atoms with Gasteiger partial charge in [-0.2, -0.15) is 0 Å². The lowest BCUT2D eigenvalue weighted by Gasteiger charge is -2.18. The summed E-state index contributed by atoms with van der Waals surface area (Å²) >= 11 is 0. The summed E-state index contributed by atoms with van der Waals surface area (Å²) in [5.41, 5.74) is -0.0708. The smallest absolute Gasteiger partial charge is 0.335 e. The van der Waals surface area contributed by atoms with Crippen molar-refractivity contribution in [2.75, 3.05) is 53.2 Å². The van der Waals surface area contributed by atoms with Gasteiger partial charge in [-0.3, -0.25) is 0 Å². The molecule has 0 atom stereocenters. The molecule has 0 unspecified atom stereocenters. The summed E-state index contributed by atoms with van der Waals surface area (Å²) in [6.45, 7) is 0.440. The third-order valence-electron chi connectivity index (χ3n) is 5.51. The number of rotatable bonds is 14. The minimum atomic E-state index is -1.18. The number of carboxylic acids is 1. The molecule has 0 saturated carbocycles. The highest BCUT2D eigenvalue weighted by atomic mass is 16.7. The minimum Gasteiger partial charge on any atom is -0.490 e. The molecule has 39 heavy (non-hydrogen) atoms. The van der Waals surface area contributed by atoms with E-state index in [1.165, 1.54) is 12.1 Å². The van der Waals surface area contributed by atoms with E-state index in [2.05, 4.69) is 0 Å². The number of fused-ring (bicyclic) bond motifs is 2. The van der Waals surface area contributed by atoms with Crippen LogP contribution in [0.5, 0.6) is 51.7 Å². The van der Waals surface area contributed by atoms with Gasteiger partial charge in [-0.1, -0.05) is 0 Å². The average molecular weight is 542 g/mol. The van der Waals surface area contributed by atoms with Crippen LogP contribution in [0.15, 0.2) is 48.5 Å². The van der Waals surface area contributed by atoms with E-state index in [0.29, 0.717) is 34.5 Å².